The van der Waals surface area contributed by atoms with Gasteiger partial charge in [0.1, 0.15) is 0 Å². The third kappa shape index (κ3) is 4.32. The predicted molar refractivity (Wildman–Crippen MR) is 93.5 cm³/mol. The highest BCUT2D eigenvalue weighted by Gasteiger charge is 2.28. The van der Waals surface area contributed by atoms with Gasteiger partial charge >= 0.3 is 0 Å². The zero-order valence-electron chi connectivity index (χ0n) is 13.0. The van der Waals surface area contributed by atoms with Crippen LogP contribution in [0, 0.1) is 17.8 Å². The first-order valence-electron chi connectivity index (χ1n) is 8.07. The molecule has 1 atom stereocenters. The molecule has 0 amide bonds. The van der Waals surface area contributed by atoms with Crippen molar-refractivity contribution in [2.45, 2.75) is 58.9 Å². The molecule has 1 aliphatic rings. The standard InChI is InChI=1S/C17H28BrNS/c1-4-19-16(11-17-15(18)9-10-20-17)14-7-5-13(6-8-14)12(2)3/h9-10,12-14,16,19H,4-8,11H2,1-3H3. The van der Waals surface area contributed by atoms with Gasteiger partial charge in [0.25, 0.3) is 0 Å². The first-order chi connectivity index (χ1) is 9.61. The molecule has 20 heavy (non-hydrogen) atoms. The summed E-state index contributed by atoms with van der Waals surface area (Å²) >= 11 is 5.57. The molecule has 1 nitrogen and oxygen atoms in total. The molecule has 0 aliphatic heterocycles. The molecule has 0 bridgehead atoms. The second kappa shape index (κ2) is 7.95. The molecular weight excluding hydrogens is 330 g/mol. The van der Waals surface area contributed by atoms with Gasteiger partial charge in [-0.1, -0.05) is 20.8 Å². The molecule has 2 rings (SSSR count). The fourth-order valence-electron chi connectivity index (χ4n) is 3.55. The molecule has 114 valence electrons. The Hall–Kier alpha value is 0.140. The Balaban J connectivity index is 1.94. The molecule has 0 aromatic carbocycles. The van der Waals surface area contributed by atoms with Gasteiger partial charge in [-0.15, -0.1) is 11.3 Å². The summed E-state index contributed by atoms with van der Waals surface area (Å²) in [5.74, 6) is 2.68. The van der Waals surface area contributed by atoms with E-state index in [9.17, 15) is 0 Å². The van der Waals surface area contributed by atoms with E-state index in [2.05, 4.69) is 53.5 Å². The van der Waals surface area contributed by atoms with Crippen molar-refractivity contribution in [2.75, 3.05) is 6.54 Å². The Morgan fingerprint density at radius 3 is 2.40 bits per heavy atom. The van der Waals surface area contributed by atoms with Crippen molar-refractivity contribution in [3.05, 3.63) is 20.8 Å². The van der Waals surface area contributed by atoms with Gasteiger partial charge in [0.05, 0.1) is 0 Å². The van der Waals surface area contributed by atoms with Crippen LogP contribution in [0.2, 0.25) is 0 Å². The summed E-state index contributed by atoms with van der Waals surface area (Å²) in [6.07, 6.45) is 6.85. The summed E-state index contributed by atoms with van der Waals surface area (Å²) in [6.45, 7) is 8.08. The first kappa shape index (κ1) is 16.5. The summed E-state index contributed by atoms with van der Waals surface area (Å²) in [5, 5.41) is 5.94. The lowest BCUT2D eigenvalue weighted by molar-refractivity contribution is 0.189. The molecule has 1 unspecified atom stereocenters. The highest BCUT2D eigenvalue weighted by Crippen LogP contribution is 2.36. The molecule has 1 fully saturated rings. The third-order valence-corrected chi connectivity index (χ3v) is 6.84. The molecule has 3 heteroatoms. The Kier molecular flexibility index (Phi) is 6.57. The number of nitrogens with one attached hydrogen (secondary N) is 1. The smallest absolute Gasteiger partial charge is 0.0314 e. The monoisotopic (exact) mass is 357 g/mol. The van der Waals surface area contributed by atoms with E-state index in [0.717, 1.165) is 24.3 Å². The minimum Gasteiger partial charge on any atom is -0.314 e. The van der Waals surface area contributed by atoms with Crippen LogP contribution in [0.15, 0.2) is 15.9 Å². The van der Waals surface area contributed by atoms with E-state index in [4.69, 9.17) is 0 Å². The Bertz CT molecular complexity index is 393. The minimum absolute atomic E-state index is 0.656. The van der Waals surface area contributed by atoms with Crippen LogP contribution < -0.4 is 5.32 Å². The van der Waals surface area contributed by atoms with Crippen LogP contribution in [0.5, 0.6) is 0 Å². The minimum atomic E-state index is 0.656. The number of likely N-dealkylation sites (N-methyl/N-ethyl adjacent to an activating group) is 1. The van der Waals surface area contributed by atoms with Crippen LogP contribution in [0.25, 0.3) is 0 Å². The average molecular weight is 358 g/mol. The van der Waals surface area contributed by atoms with Crippen molar-refractivity contribution in [3.63, 3.8) is 0 Å². The van der Waals surface area contributed by atoms with Gasteiger partial charge in [-0.2, -0.15) is 0 Å². The summed E-state index contributed by atoms with van der Waals surface area (Å²) < 4.78 is 1.29. The van der Waals surface area contributed by atoms with Crippen molar-refractivity contribution in [2.24, 2.45) is 17.8 Å². The zero-order chi connectivity index (χ0) is 14.5. The number of hydrogen-bond acceptors (Lipinski definition) is 2. The predicted octanol–water partition coefficient (Wildman–Crippen LogP) is 5.49. The van der Waals surface area contributed by atoms with Crippen molar-refractivity contribution in [1.82, 2.24) is 5.32 Å². The Morgan fingerprint density at radius 1 is 1.25 bits per heavy atom. The average Bonchev–Trinajstić information content (AvgIpc) is 2.84. The van der Waals surface area contributed by atoms with Gasteiger partial charge < -0.3 is 5.32 Å². The van der Waals surface area contributed by atoms with Gasteiger partial charge in [-0.05, 0) is 83.8 Å². The van der Waals surface area contributed by atoms with Gasteiger partial charge in [0.2, 0.25) is 0 Å². The normalized spacial score (nSPS) is 25.1. The van der Waals surface area contributed by atoms with Crippen LogP contribution in [-0.4, -0.2) is 12.6 Å². The van der Waals surface area contributed by atoms with E-state index in [0.29, 0.717) is 6.04 Å². The molecule has 1 aromatic rings. The van der Waals surface area contributed by atoms with E-state index in [1.54, 1.807) is 0 Å². The lowest BCUT2D eigenvalue weighted by Crippen LogP contribution is -2.40. The highest BCUT2D eigenvalue weighted by molar-refractivity contribution is 9.10. The van der Waals surface area contributed by atoms with Crippen LogP contribution >= 0.6 is 27.3 Å². The van der Waals surface area contributed by atoms with E-state index >= 15 is 0 Å². The van der Waals surface area contributed by atoms with E-state index < -0.39 is 0 Å². The lowest BCUT2D eigenvalue weighted by atomic mass is 9.74. The maximum absolute atomic E-state index is 3.75. The van der Waals surface area contributed by atoms with Gasteiger partial charge in [-0.25, -0.2) is 0 Å². The van der Waals surface area contributed by atoms with E-state index in [1.807, 2.05) is 11.3 Å². The van der Waals surface area contributed by atoms with E-state index in [1.165, 1.54) is 41.5 Å². The maximum Gasteiger partial charge on any atom is 0.0314 e. The van der Waals surface area contributed by atoms with Gasteiger partial charge in [0, 0.05) is 15.4 Å². The van der Waals surface area contributed by atoms with Crippen molar-refractivity contribution >= 4 is 27.3 Å². The summed E-state index contributed by atoms with van der Waals surface area (Å²) in [6, 6.07) is 2.83. The fraction of sp³-hybridized carbons (Fsp3) is 0.765. The van der Waals surface area contributed by atoms with Crippen LogP contribution in [0.4, 0.5) is 0 Å². The van der Waals surface area contributed by atoms with E-state index in [-0.39, 0.29) is 0 Å². The molecule has 0 saturated heterocycles. The largest absolute Gasteiger partial charge is 0.314 e. The van der Waals surface area contributed by atoms with Gasteiger partial charge in [-0.3, -0.25) is 0 Å². The van der Waals surface area contributed by atoms with Crippen molar-refractivity contribution in [3.8, 4) is 0 Å². The second-order valence-electron chi connectivity index (χ2n) is 6.48. The number of thiophene rings is 1. The lowest BCUT2D eigenvalue weighted by Gasteiger charge is -2.35. The molecule has 1 saturated carbocycles. The van der Waals surface area contributed by atoms with Crippen LogP contribution in [-0.2, 0) is 6.42 Å². The highest BCUT2D eigenvalue weighted by atomic mass is 79.9. The summed E-state index contributed by atoms with van der Waals surface area (Å²) in [7, 11) is 0. The topological polar surface area (TPSA) is 12.0 Å². The molecular formula is C17H28BrNS. The molecule has 1 heterocycles. The first-order valence-corrected chi connectivity index (χ1v) is 9.74. The van der Waals surface area contributed by atoms with Crippen molar-refractivity contribution in [1.29, 1.82) is 0 Å². The molecule has 0 radical (unpaired) electrons. The zero-order valence-corrected chi connectivity index (χ0v) is 15.4. The fourth-order valence-corrected chi connectivity index (χ4v) is 5.13. The molecule has 1 N–H and O–H groups in total. The second-order valence-corrected chi connectivity index (χ2v) is 8.33. The van der Waals surface area contributed by atoms with Gasteiger partial charge in [0.15, 0.2) is 0 Å². The molecule has 1 aliphatic carbocycles. The Labute approximate surface area is 136 Å². The number of halogens is 1. The van der Waals surface area contributed by atoms with Crippen LogP contribution in [0.3, 0.4) is 0 Å². The van der Waals surface area contributed by atoms with Crippen LogP contribution in [0.1, 0.15) is 51.3 Å². The number of rotatable bonds is 6. The molecule has 1 aromatic heterocycles. The number of hydrogen-bond donors (Lipinski definition) is 1. The quantitative estimate of drug-likeness (QED) is 0.709. The van der Waals surface area contributed by atoms with Crippen molar-refractivity contribution < 1.29 is 0 Å². The maximum atomic E-state index is 3.75. The Morgan fingerprint density at radius 2 is 1.90 bits per heavy atom. The summed E-state index contributed by atoms with van der Waals surface area (Å²) in [4.78, 5) is 1.50. The summed E-state index contributed by atoms with van der Waals surface area (Å²) in [5.41, 5.74) is 0. The molecule has 0 spiro atoms. The SMILES string of the molecule is CCNC(Cc1sccc1Br)C1CCC(C(C)C)CC1. The third-order valence-electron chi connectivity index (χ3n) is 4.89.